The van der Waals surface area contributed by atoms with Gasteiger partial charge in [0.25, 0.3) is 0 Å². The lowest BCUT2D eigenvalue weighted by Gasteiger charge is -2.31. The SMILES string of the molecule is c1cn(CCCC2CCN(Cc3nnc4n3CCCC4)CC2)cn1. The van der Waals surface area contributed by atoms with Crippen LogP contribution in [0.3, 0.4) is 0 Å². The van der Waals surface area contributed by atoms with Crippen LogP contribution in [0.4, 0.5) is 0 Å². The molecule has 0 aliphatic carbocycles. The normalized spacial score (nSPS) is 19.5. The third kappa shape index (κ3) is 3.69. The van der Waals surface area contributed by atoms with Crippen molar-refractivity contribution < 1.29 is 0 Å². The van der Waals surface area contributed by atoms with E-state index in [1.807, 2.05) is 12.5 Å². The maximum Gasteiger partial charge on any atom is 0.147 e. The zero-order valence-corrected chi connectivity index (χ0v) is 14.5. The first kappa shape index (κ1) is 15.8. The van der Waals surface area contributed by atoms with E-state index in [2.05, 4.69) is 35.4 Å². The van der Waals surface area contributed by atoms with Gasteiger partial charge in [0.05, 0.1) is 12.9 Å². The number of imidazole rings is 1. The highest BCUT2D eigenvalue weighted by molar-refractivity contribution is 4.99. The summed E-state index contributed by atoms with van der Waals surface area (Å²) in [7, 11) is 0. The van der Waals surface area contributed by atoms with E-state index in [0.29, 0.717) is 0 Å². The Hall–Kier alpha value is -1.69. The number of nitrogens with zero attached hydrogens (tertiary/aromatic N) is 6. The first-order chi connectivity index (χ1) is 11.9. The lowest BCUT2D eigenvalue weighted by atomic mass is 9.92. The average Bonchev–Trinajstić information content (AvgIpc) is 3.27. The van der Waals surface area contributed by atoms with Crippen molar-refractivity contribution in [3.05, 3.63) is 30.4 Å². The van der Waals surface area contributed by atoms with Crippen LogP contribution in [0.15, 0.2) is 18.7 Å². The van der Waals surface area contributed by atoms with E-state index < -0.39 is 0 Å². The molecule has 1 saturated heterocycles. The van der Waals surface area contributed by atoms with E-state index in [1.54, 1.807) is 0 Å². The Bertz CT molecular complexity index is 624. The first-order valence-corrected chi connectivity index (χ1v) is 9.47. The predicted molar refractivity (Wildman–Crippen MR) is 92.4 cm³/mol. The summed E-state index contributed by atoms with van der Waals surface area (Å²) in [5.74, 6) is 3.27. The molecule has 2 aromatic rings. The van der Waals surface area contributed by atoms with Crippen molar-refractivity contribution in [2.24, 2.45) is 5.92 Å². The van der Waals surface area contributed by atoms with Gasteiger partial charge >= 0.3 is 0 Å². The minimum atomic E-state index is 0.886. The lowest BCUT2D eigenvalue weighted by Crippen LogP contribution is -2.34. The summed E-state index contributed by atoms with van der Waals surface area (Å²) >= 11 is 0. The summed E-state index contributed by atoms with van der Waals surface area (Å²) in [5.41, 5.74) is 0. The summed E-state index contributed by atoms with van der Waals surface area (Å²) in [4.78, 5) is 6.67. The van der Waals surface area contributed by atoms with E-state index >= 15 is 0 Å². The van der Waals surface area contributed by atoms with Crippen molar-refractivity contribution in [3.8, 4) is 0 Å². The highest BCUT2D eigenvalue weighted by atomic mass is 15.3. The summed E-state index contributed by atoms with van der Waals surface area (Å²) in [6.07, 6.45) is 14.7. The maximum atomic E-state index is 4.45. The van der Waals surface area contributed by atoms with Crippen LogP contribution in [-0.4, -0.2) is 42.3 Å². The molecule has 24 heavy (non-hydrogen) atoms. The number of fused-ring (bicyclic) bond motifs is 1. The van der Waals surface area contributed by atoms with Gasteiger partial charge in [-0.2, -0.15) is 0 Å². The van der Waals surface area contributed by atoms with Crippen LogP contribution >= 0.6 is 0 Å². The molecule has 130 valence electrons. The molecule has 0 amide bonds. The summed E-state index contributed by atoms with van der Waals surface area (Å²) < 4.78 is 4.55. The van der Waals surface area contributed by atoms with Gasteiger partial charge < -0.3 is 9.13 Å². The Morgan fingerprint density at radius 2 is 2.00 bits per heavy atom. The fourth-order valence-electron chi connectivity index (χ4n) is 4.10. The van der Waals surface area contributed by atoms with Gasteiger partial charge in [-0.05, 0) is 57.5 Å². The third-order valence-corrected chi connectivity index (χ3v) is 5.60. The van der Waals surface area contributed by atoms with Crippen molar-refractivity contribution in [1.29, 1.82) is 0 Å². The molecule has 0 saturated carbocycles. The van der Waals surface area contributed by atoms with Crippen LogP contribution in [0.5, 0.6) is 0 Å². The minimum absolute atomic E-state index is 0.886. The largest absolute Gasteiger partial charge is 0.337 e. The van der Waals surface area contributed by atoms with Crippen molar-refractivity contribution >= 4 is 0 Å². The molecule has 0 unspecified atom stereocenters. The summed E-state index contributed by atoms with van der Waals surface area (Å²) in [6.45, 7) is 5.61. The second-order valence-electron chi connectivity index (χ2n) is 7.30. The van der Waals surface area contributed by atoms with Crippen LogP contribution in [0.25, 0.3) is 0 Å². The smallest absolute Gasteiger partial charge is 0.147 e. The van der Waals surface area contributed by atoms with E-state index in [1.165, 1.54) is 63.3 Å². The van der Waals surface area contributed by atoms with Crippen molar-refractivity contribution in [2.75, 3.05) is 13.1 Å². The molecule has 0 spiro atoms. The van der Waals surface area contributed by atoms with Gasteiger partial charge in [-0.3, -0.25) is 4.90 Å². The lowest BCUT2D eigenvalue weighted by molar-refractivity contribution is 0.164. The Morgan fingerprint density at radius 3 is 2.83 bits per heavy atom. The molecule has 0 aromatic carbocycles. The van der Waals surface area contributed by atoms with Crippen molar-refractivity contribution in [3.63, 3.8) is 0 Å². The number of likely N-dealkylation sites (tertiary alicyclic amines) is 1. The fraction of sp³-hybridized carbons (Fsp3) is 0.722. The molecular formula is C18H28N6. The fourth-order valence-corrected chi connectivity index (χ4v) is 4.10. The number of aromatic nitrogens is 5. The monoisotopic (exact) mass is 328 g/mol. The highest BCUT2D eigenvalue weighted by Crippen LogP contribution is 2.24. The third-order valence-electron chi connectivity index (χ3n) is 5.60. The Morgan fingerprint density at radius 1 is 1.08 bits per heavy atom. The van der Waals surface area contributed by atoms with E-state index in [0.717, 1.165) is 32.0 Å². The number of hydrogen-bond acceptors (Lipinski definition) is 4. The topological polar surface area (TPSA) is 51.8 Å². The molecule has 0 bridgehead atoms. The highest BCUT2D eigenvalue weighted by Gasteiger charge is 2.22. The number of aryl methyl sites for hydroxylation is 2. The maximum absolute atomic E-state index is 4.45. The number of piperidine rings is 1. The Balaban J connectivity index is 1.21. The van der Waals surface area contributed by atoms with Gasteiger partial charge in [0, 0.05) is 31.9 Å². The second kappa shape index (κ2) is 7.47. The molecule has 0 radical (unpaired) electrons. The number of rotatable bonds is 6. The molecule has 2 aliphatic heterocycles. The summed E-state index contributed by atoms with van der Waals surface area (Å²) in [6, 6.07) is 0. The van der Waals surface area contributed by atoms with Gasteiger partial charge in [-0.25, -0.2) is 4.98 Å². The van der Waals surface area contributed by atoms with Gasteiger partial charge in [0.2, 0.25) is 0 Å². The molecule has 0 N–H and O–H groups in total. The molecule has 2 aromatic heterocycles. The van der Waals surface area contributed by atoms with Crippen LogP contribution in [-0.2, 0) is 26.1 Å². The van der Waals surface area contributed by atoms with E-state index in [4.69, 9.17) is 0 Å². The van der Waals surface area contributed by atoms with Crippen molar-refractivity contribution in [2.45, 2.75) is 64.6 Å². The average molecular weight is 328 g/mol. The molecule has 4 rings (SSSR count). The quantitative estimate of drug-likeness (QED) is 0.817. The predicted octanol–water partition coefficient (Wildman–Crippen LogP) is 2.50. The van der Waals surface area contributed by atoms with E-state index in [-0.39, 0.29) is 0 Å². The molecule has 6 heteroatoms. The zero-order valence-electron chi connectivity index (χ0n) is 14.5. The van der Waals surface area contributed by atoms with Crippen LogP contribution in [0, 0.1) is 5.92 Å². The van der Waals surface area contributed by atoms with Gasteiger partial charge in [0.1, 0.15) is 11.6 Å². The van der Waals surface area contributed by atoms with Crippen LogP contribution < -0.4 is 0 Å². The zero-order chi connectivity index (χ0) is 16.2. The minimum Gasteiger partial charge on any atom is -0.337 e. The van der Waals surface area contributed by atoms with Gasteiger partial charge in [0.15, 0.2) is 0 Å². The molecule has 6 nitrogen and oxygen atoms in total. The molecule has 2 aliphatic rings. The molecule has 4 heterocycles. The Labute approximate surface area is 143 Å². The number of hydrogen-bond donors (Lipinski definition) is 0. The summed E-state index contributed by atoms with van der Waals surface area (Å²) in [5, 5.41) is 8.83. The molecule has 0 atom stereocenters. The standard InChI is InChI=1S/C18H28N6/c1-2-10-24-17(5-1)20-21-18(24)14-22-11-6-16(7-12-22)4-3-9-23-13-8-19-15-23/h8,13,15-16H,1-7,9-12,14H2. The van der Waals surface area contributed by atoms with E-state index in [9.17, 15) is 0 Å². The molecule has 1 fully saturated rings. The van der Waals surface area contributed by atoms with Gasteiger partial charge in [-0.1, -0.05) is 0 Å². The second-order valence-corrected chi connectivity index (χ2v) is 7.30. The first-order valence-electron chi connectivity index (χ1n) is 9.47. The van der Waals surface area contributed by atoms with Crippen LogP contribution in [0.2, 0.25) is 0 Å². The van der Waals surface area contributed by atoms with Gasteiger partial charge in [-0.15, -0.1) is 10.2 Å². The molecular weight excluding hydrogens is 300 g/mol. The Kier molecular flexibility index (Phi) is 4.92. The van der Waals surface area contributed by atoms with Crippen LogP contribution in [0.1, 0.15) is 50.2 Å². The van der Waals surface area contributed by atoms with Crippen molar-refractivity contribution in [1.82, 2.24) is 29.2 Å².